The number of nitrogens with one attached hydrogen (secondary N) is 1. The van der Waals surface area contributed by atoms with E-state index in [1.807, 2.05) is 36.0 Å². The highest BCUT2D eigenvalue weighted by atomic mass is 35.5. The Balaban J connectivity index is 1.17. The number of hydrogen-bond donors (Lipinski definition) is 2. The molecule has 2 aliphatic heterocycles. The first-order chi connectivity index (χ1) is 16.5. The maximum atomic E-state index is 9.91. The number of aromatic amines is 1. The van der Waals surface area contributed by atoms with Gasteiger partial charge in [-0.05, 0) is 25.0 Å². The van der Waals surface area contributed by atoms with Gasteiger partial charge in [-0.3, -0.25) is 4.68 Å². The number of pyridine rings is 1. The van der Waals surface area contributed by atoms with Crippen molar-refractivity contribution in [3.63, 3.8) is 0 Å². The lowest BCUT2D eigenvalue weighted by Crippen LogP contribution is -2.34. The number of aliphatic hydroxyl groups excluding tert-OH is 1. The van der Waals surface area contributed by atoms with Crippen molar-refractivity contribution in [1.82, 2.24) is 24.7 Å². The lowest BCUT2D eigenvalue weighted by atomic mass is 10.1. The smallest absolute Gasteiger partial charge is 0.296 e. The van der Waals surface area contributed by atoms with Gasteiger partial charge in [-0.15, -0.1) is 0 Å². The third-order valence-corrected chi connectivity index (χ3v) is 6.71. The van der Waals surface area contributed by atoms with Crippen molar-refractivity contribution >= 4 is 22.8 Å². The van der Waals surface area contributed by atoms with E-state index in [0.717, 1.165) is 29.1 Å². The summed E-state index contributed by atoms with van der Waals surface area (Å²) < 4.78 is 19.1. The predicted octanol–water partition coefficient (Wildman–Crippen LogP) is 2.70. The van der Waals surface area contributed by atoms with Crippen molar-refractivity contribution in [1.29, 1.82) is 0 Å². The molecule has 0 bridgehead atoms. The van der Waals surface area contributed by atoms with E-state index in [-0.39, 0.29) is 24.9 Å². The van der Waals surface area contributed by atoms with E-state index in [0.29, 0.717) is 35.2 Å². The summed E-state index contributed by atoms with van der Waals surface area (Å²) in [4.78, 5) is 12.3. The summed E-state index contributed by atoms with van der Waals surface area (Å²) in [6.45, 7) is 0.581. The fourth-order valence-corrected chi connectivity index (χ4v) is 4.83. The van der Waals surface area contributed by atoms with Gasteiger partial charge in [-0.2, -0.15) is 10.1 Å². The number of ether oxygens (including phenoxy) is 3. The predicted molar refractivity (Wildman–Crippen MR) is 125 cm³/mol. The van der Waals surface area contributed by atoms with Gasteiger partial charge in [-0.1, -0.05) is 41.9 Å². The first-order valence-corrected chi connectivity index (χ1v) is 11.6. The van der Waals surface area contributed by atoms with Crippen molar-refractivity contribution in [2.24, 2.45) is 7.05 Å². The Labute approximate surface area is 200 Å². The van der Waals surface area contributed by atoms with Gasteiger partial charge in [0.25, 0.3) is 6.01 Å². The van der Waals surface area contributed by atoms with Crippen molar-refractivity contribution in [3.05, 3.63) is 58.9 Å². The zero-order valence-electron chi connectivity index (χ0n) is 18.5. The lowest BCUT2D eigenvalue weighted by molar-refractivity contribution is 0.00706. The molecule has 0 amide bonds. The molecule has 9 nitrogen and oxygen atoms in total. The minimum absolute atomic E-state index is 0.249. The maximum Gasteiger partial charge on any atom is 0.296 e. The van der Waals surface area contributed by atoms with Gasteiger partial charge >= 0.3 is 0 Å². The van der Waals surface area contributed by atoms with Crippen LogP contribution in [0.2, 0.25) is 5.02 Å². The van der Waals surface area contributed by atoms with Crippen LogP contribution in [0, 0.1) is 0 Å². The third-order valence-electron chi connectivity index (χ3n) is 6.39. The molecular weight excluding hydrogens is 458 g/mol. The first kappa shape index (κ1) is 21.5. The van der Waals surface area contributed by atoms with Crippen molar-refractivity contribution in [2.75, 3.05) is 13.2 Å². The maximum absolute atomic E-state index is 9.91. The summed E-state index contributed by atoms with van der Waals surface area (Å²) in [6.07, 6.45) is -0.248. The van der Waals surface area contributed by atoms with Crippen LogP contribution in [0.25, 0.3) is 22.4 Å². The van der Waals surface area contributed by atoms with Crippen LogP contribution in [0.5, 0.6) is 6.01 Å². The van der Waals surface area contributed by atoms with Crippen LogP contribution < -0.4 is 4.74 Å². The molecule has 2 aliphatic rings. The number of halogens is 1. The standard InChI is InChI=1S/C24H24ClN5O4/c1-30-14(9-17(29-30)13-5-3-2-4-6-13)7-8-16-15(25)10-18-23(26-16)28-24(27-18)34-20-12-33-21-19(31)11-32-22(20)21/h2-6,9-10,19-22,31H,7-8,11-12H2,1H3,(H,26,27,28)/t19-,20-,21-,22-/m1/s1. The van der Waals surface area contributed by atoms with Gasteiger partial charge in [0.2, 0.25) is 0 Å². The molecule has 0 unspecified atom stereocenters. The molecular formula is C24H24ClN5O4. The van der Waals surface area contributed by atoms with E-state index in [2.05, 4.69) is 38.2 Å². The minimum atomic E-state index is -0.625. The van der Waals surface area contributed by atoms with Gasteiger partial charge in [-0.25, -0.2) is 4.98 Å². The Kier molecular flexibility index (Phi) is 5.49. The Bertz CT molecular complexity index is 1320. The SMILES string of the molecule is Cn1nc(-c2ccccc2)cc1CCc1nc2nc(O[C@@H]3CO[C@H]4[C@@H]3OC[C@H]4O)[nH]c2cc1Cl. The molecule has 2 N–H and O–H groups in total. The first-order valence-electron chi connectivity index (χ1n) is 11.3. The summed E-state index contributed by atoms with van der Waals surface area (Å²) in [5.74, 6) is 0. The van der Waals surface area contributed by atoms with Crippen LogP contribution in [0.4, 0.5) is 0 Å². The molecule has 6 rings (SSSR count). The number of fused-ring (bicyclic) bond motifs is 2. The lowest BCUT2D eigenvalue weighted by Gasteiger charge is -2.15. The van der Waals surface area contributed by atoms with E-state index in [4.69, 9.17) is 25.8 Å². The molecule has 1 aromatic carbocycles. The van der Waals surface area contributed by atoms with Gasteiger partial charge in [0, 0.05) is 18.3 Å². The molecule has 10 heteroatoms. The fourth-order valence-electron chi connectivity index (χ4n) is 4.59. The number of hydrogen-bond acceptors (Lipinski definition) is 7. The molecule has 2 fully saturated rings. The summed E-state index contributed by atoms with van der Waals surface area (Å²) in [7, 11) is 1.95. The molecule has 4 aromatic rings. The van der Waals surface area contributed by atoms with Crippen LogP contribution in [0.15, 0.2) is 42.5 Å². The third kappa shape index (κ3) is 3.94. The average Bonchev–Trinajstić information content (AvgIpc) is 3.59. The number of aryl methyl sites for hydroxylation is 3. The monoisotopic (exact) mass is 481 g/mol. The van der Waals surface area contributed by atoms with Crippen LogP contribution in [0.1, 0.15) is 11.4 Å². The topological polar surface area (TPSA) is 107 Å². The van der Waals surface area contributed by atoms with E-state index in [9.17, 15) is 5.11 Å². The molecule has 0 spiro atoms. The van der Waals surface area contributed by atoms with E-state index < -0.39 is 6.10 Å². The molecule has 0 aliphatic carbocycles. The van der Waals surface area contributed by atoms with Crippen molar-refractivity contribution < 1.29 is 19.3 Å². The minimum Gasteiger partial charge on any atom is -0.456 e. The fraction of sp³-hybridized carbons (Fsp3) is 0.375. The molecule has 3 aromatic heterocycles. The summed E-state index contributed by atoms with van der Waals surface area (Å²) in [5.41, 5.74) is 5.12. The number of aromatic nitrogens is 5. The van der Waals surface area contributed by atoms with E-state index in [1.54, 1.807) is 0 Å². The van der Waals surface area contributed by atoms with E-state index in [1.165, 1.54) is 0 Å². The average molecular weight is 482 g/mol. The van der Waals surface area contributed by atoms with Gasteiger partial charge in [0.1, 0.15) is 18.3 Å². The molecule has 5 heterocycles. The summed E-state index contributed by atoms with van der Waals surface area (Å²) in [6, 6.07) is 14.4. The zero-order chi connectivity index (χ0) is 23.2. The zero-order valence-corrected chi connectivity index (χ0v) is 19.3. The molecule has 2 saturated heterocycles. The van der Waals surface area contributed by atoms with Crippen LogP contribution in [0.3, 0.4) is 0 Å². The molecule has 34 heavy (non-hydrogen) atoms. The van der Waals surface area contributed by atoms with Crippen molar-refractivity contribution in [3.8, 4) is 17.3 Å². The van der Waals surface area contributed by atoms with Crippen LogP contribution in [-0.4, -0.2) is 67.5 Å². The highest BCUT2D eigenvalue weighted by Crippen LogP contribution is 2.30. The highest BCUT2D eigenvalue weighted by Gasteiger charge is 2.48. The van der Waals surface area contributed by atoms with Crippen molar-refractivity contribution in [2.45, 2.75) is 37.3 Å². The normalized spacial score (nSPS) is 24.1. The summed E-state index contributed by atoms with van der Waals surface area (Å²) in [5, 5.41) is 15.1. The second-order valence-electron chi connectivity index (χ2n) is 8.66. The highest BCUT2D eigenvalue weighted by molar-refractivity contribution is 6.31. The Morgan fingerprint density at radius 3 is 2.79 bits per heavy atom. The van der Waals surface area contributed by atoms with Crippen LogP contribution >= 0.6 is 11.6 Å². The second kappa shape index (κ2) is 8.66. The largest absolute Gasteiger partial charge is 0.456 e. The van der Waals surface area contributed by atoms with E-state index >= 15 is 0 Å². The quantitative estimate of drug-likeness (QED) is 0.436. The molecule has 4 atom stereocenters. The number of rotatable bonds is 6. The number of nitrogens with zero attached hydrogens (tertiary/aromatic N) is 4. The molecule has 0 saturated carbocycles. The molecule has 176 valence electrons. The summed E-state index contributed by atoms with van der Waals surface area (Å²) >= 11 is 6.54. The van der Waals surface area contributed by atoms with Gasteiger partial charge in [0.05, 0.1) is 35.1 Å². The molecule has 0 radical (unpaired) electrons. The van der Waals surface area contributed by atoms with Gasteiger partial charge in [0.15, 0.2) is 11.8 Å². The Hall–Kier alpha value is -2.98. The van der Waals surface area contributed by atoms with Gasteiger partial charge < -0.3 is 24.3 Å². The number of H-pyrrole nitrogens is 1. The Morgan fingerprint density at radius 1 is 1.12 bits per heavy atom. The second-order valence-corrected chi connectivity index (χ2v) is 9.07. The Morgan fingerprint density at radius 2 is 1.94 bits per heavy atom. The number of aliphatic hydroxyl groups is 1. The van der Waals surface area contributed by atoms with Crippen LogP contribution in [-0.2, 0) is 29.4 Å². The number of benzene rings is 1. The number of imidazole rings is 1.